The number of anilines is 1. The molecule has 0 saturated carbocycles. The van der Waals surface area contributed by atoms with Gasteiger partial charge in [-0.25, -0.2) is 0 Å². The molecule has 0 radical (unpaired) electrons. The molecular weight excluding hydrogens is 278 g/mol. The minimum atomic E-state index is -0.348. The number of amides is 1. The Labute approximate surface area is 129 Å². The summed E-state index contributed by atoms with van der Waals surface area (Å²) in [6, 6.07) is 7.71. The van der Waals surface area contributed by atoms with Crippen molar-refractivity contribution in [3.05, 3.63) is 30.6 Å². The first-order valence-corrected chi connectivity index (χ1v) is 7.55. The summed E-state index contributed by atoms with van der Waals surface area (Å²) in [6.07, 6.45) is 3.60. The van der Waals surface area contributed by atoms with Crippen LogP contribution in [-0.2, 0) is 11.8 Å². The van der Waals surface area contributed by atoms with Crippen LogP contribution in [0.15, 0.2) is 30.6 Å². The van der Waals surface area contributed by atoms with E-state index in [1.807, 2.05) is 42.8 Å². The van der Waals surface area contributed by atoms with Gasteiger partial charge in [0.25, 0.3) is 0 Å². The fourth-order valence-corrected chi connectivity index (χ4v) is 2.81. The van der Waals surface area contributed by atoms with Gasteiger partial charge in [0.05, 0.1) is 5.41 Å². The summed E-state index contributed by atoms with van der Waals surface area (Å²) < 4.78 is 1.85. The second-order valence-corrected chi connectivity index (χ2v) is 6.14. The molecule has 2 heterocycles. The van der Waals surface area contributed by atoms with Crippen LogP contribution >= 0.6 is 0 Å². The Balaban J connectivity index is 1.78. The third-order valence-corrected chi connectivity index (χ3v) is 4.24. The topological polar surface area (TPSA) is 71.8 Å². The Kier molecular flexibility index (Phi) is 3.94. The summed E-state index contributed by atoms with van der Waals surface area (Å²) in [5.74, 6) is 0.844. The molecule has 116 valence electrons. The lowest BCUT2D eigenvalue weighted by atomic mass is 9.82. The third-order valence-electron chi connectivity index (χ3n) is 4.24. The number of carbonyl (C=O) groups excluding carboxylic acids is 1. The van der Waals surface area contributed by atoms with Gasteiger partial charge in [-0.1, -0.05) is 12.1 Å². The molecule has 1 aromatic carbocycles. The van der Waals surface area contributed by atoms with Crippen molar-refractivity contribution in [2.24, 2.45) is 12.5 Å². The number of nitrogens with one attached hydrogen (secondary N) is 2. The van der Waals surface area contributed by atoms with Crippen molar-refractivity contribution in [2.75, 3.05) is 18.4 Å². The first-order valence-electron chi connectivity index (χ1n) is 7.55. The summed E-state index contributed by atoms with van der Waals surface area (Å²) in [6.45, 7) is 3.73. The van der Waals surface area contributed by atoms with E-state index >= 15 is 0 Å². The van der Waals surface area contributed by atoms with Crippen LogP contribution in [0.1, 0.15) is 19.8 Å². The summed E-state index contributed by atoms with van der Waals surface area (Å²) in [5.41, 5.74) is 1.38. The highest BCUT2D eigenvalue weighted by Gasteiger charge is 2.34. The van der Waals surface area contributed by atoms with Crippen LogP contribution in [0, 0.1) is 5.41 Å². The van der Waals surface area contributed by atoms with E-state index in [2.05, 4.69) is 20.8 Å². The zero-order valence-electron chi connectivity index (χ0n) is 13.0. The molecule has 1 unspecified atom stereocenters. The highest BCUT2D eigenvalue weighted by Crippen LogP contribution is 2.28. The summed E-state index contributed by atoms with van der Waals surface area (Å²) in [4.78, 5) is 12.6. The van der Waals surface area contributed by atoms with Crippen molar-refractivity contribution in [2.45, 2.75) is 19.8 Å². The molecule has 1 atom stereocenters. The number of nitrogens with zero attached hydrogens (tertiary/aromatic N) is 3. The Morgan fingerprint density at radius 3 is 3.00 bits per heavy atom. The summed E-state index contributed by atoms with van der Waals surface area (Å²) >= 11 is 0. The van der Waals surface area contributed by atoms with Crippen molar-refractivity contribution in [1.29, 1.82) is 0 Å². The molecule has 1 fully saturated rings. The van der Waals surface area contributed by atoms with Crippen molar-refractivity contribution in [3.63, 3.8) is 0 Å². The Morgan fingerprint density at radius 2 is 2.32 bits per heavy atom. The first-order chi connectivity index (χ1) is 10.6. The molecule has 2 N–H and O–H groups in total. The third kappa shape index (κ3) is 2.87. The second kappa shape index (κ2) is 5.88. The fourth-order valence-electron chi connectivity index (χ4n) is 2.81. The number of rotatable bonds is 3. The van der Waals surface area contributed by atoms with E-state index in [1.54, 1.807) is 6.33 Å². The minimum absolute atomic E-state index is 0.0646. The molecule has 1 aliphatic heterocycles. The number of carbonyl (C=O) groups is 1. The summed E-state index contributed by atoms with van der Waals surface area (Å²) in [7, 11) is 1.90. The van der Waals surface area contributed by atoms with Gasteiger partial charge in [0.1, 0.15) is 6.33 Å². The number of hydrogen-bond acceptors (Lipinski definition) is 4. The number of piperidine rings is 1. The van der Waals surface area contributed by atoms with Gasteiger partial charge < -0.3 is 15.2 Å². The summed E-state index contributed by atoms with van der Waals surface area (Å²) in [5, 5.41) is 14.3. The molecule has 0 bridgehead atoms. The van der Waals surface area contributed by atoms with E-state index in [9.17, 15) is 4.79 Å². The number of benzene rings is 1. The van der Waals surface area contributed by atoms with Gasteiger partial charge in [-0.3, -0.25) is 4.79 Å². The van der Waals surface area contributed by atoms with Gasteiger partial charge in [0, 0.05) is 24.8 Å². The highest BCUT2D eigenvalue weighted by molar-refractivity contribution is 5.95. The van der Waals surface area contributed by atoms with Gasteiger partial charge in [0.2, 0.25) is 5.91 Å². The standard InChI is InChI=1S/C16H21N5O/c1-16(7-4-8-17-10-16)15(22)19-13-6-3-5-12(9-13)14-20-18-11-21(14)2/h3,5-6,9,11,17H,4,7-8,10H2,1-2H3,(H,19,22). The quantitative estimate of drug-likeness (QED) is 0.906. The molecule has 0 spiro atoms. The molecular formula is C16H21N5O. The fraction of sp³-hybridized carbons (Fsp3) is 0.438. The van der Waals surface area contributed by atoms with Crippen LogP contribution in [-0.4, -0.2) is 33.8 Å². The average molecular weight is 299 g/mol. The Morgan fingerprint density at radius 1 is 1.45 bits per heavy atom. The maximum atomic E-state index is 12.6. The van der Waals surface area contributed by atoms with E-state index in [1.165, 1.54) is 0 Å². The Bertz CT molecular complexity index is 673. The molecule has 1 saturated heterocycles. The normalized spacial score (nSPS) is 21.5. The SMILES string of the molecule is Cn1cnnc1-c1cccc(NC(=O)C2(C)CCCNC2)c1. The minimum Gasteiger partial charge on any atom is -0.326 e. The number of aryl methyl sites for hydroxylation is 1. The van der Waals surface area contributed by atoms with Crippen LogP contribution in [0.25, 0.3) is 11.4 Å². The molecule has 2 aromatic rings. The lowest BCUT2D eigenvalue weighted by Crippen LogP contribution is -2.46. The zero-order chi connectivity index (χ0) is 15.6. The van der Waals surface area contributed by atoms with E-state index in [-0.39, 0.29) is 11.3 Å². The lowest BCUT2D eigenvalue weighted by Gasteiger charge is -2.32. The van der Waals surface area contributed by atoms with Gasteiger partial charge in [-0.05, 0) is 38.4 Å². The predicted octanol–water partition coefficient (Wildman–Crippen LogP) is 1.81. The highest BCUT2D eigenvalue weighted by atomic mass is 16.2. The molecule has 6 heteroatoms. The number of hydrogen-bond donors (Lipinski definition) is 2. The molecule has 1 aromatic heterocycles. The first kappa shape index (κ1) is 14.7. The van der Waals surface area contributed by atoms with Crippen molar-refractivity contribution < 1.29 is 4.79 Å². The van der Waals surface area contributed by atoms with E-state index in [0.29, 0.717) is 0 Å². The monoisotopic (exact) mass is 299 g/mol. The van der Waals surface area contributed by atoms with Gasteiger partial charge in [0.15, 0.2) is 5.82 Å². The van der Waals surface area contributed by atoms with Crippen LogP contribution in [0.4, 0.5) is 5.69 Å². The average Bonchev–Trinajstić information content (AvgIpc) is 2.94. The molecule has 3 rings (SSSR count). The van der Waals surface area contributed by atoms with Crippen LogP contribution < -0.4 is 10.6 Å². The molecule has 1 amide bonds. The van der Waals surface area contributed by atoms with Crippen LogP contribution in [0.5, 0.6) is 0 Å². The van der Waals surface area contributed by atoms with Crippen LogP contribution in [0.2, 0.25) is 0 Å². The van der Waals surface area contributed by atoms with Crippen molar-refractivity contribution in [3.8, 4) is 11.4 Å². The van der Waals surface area contributed by atoms with E-state index in [4.69, 9.17) is 0 Å². The smallest absolute Gasteiger partial charge is 0.231 e. The predicted molar refractivity (Wildman–Crippen MR) is 85.3 cm³/mol. The molecule has 0 aliphatic carbocycles. The zero-order valence-corrected chi connectivity index (χ0v) is 13.0. The van der Waals surface area contributed by atoms with E-state index in [0.717, 1.165) is 43.0 Å². The number of aromatic nitrogens is 3. The molecule has 6 nitrogen and oxygen atoms in total. The van der Waals surface area contributed by atoms with Gasteiger partial charge in [-0.15, -0.1) is 10.2 Å². The van der Waals surface area contributed by atoms with Crippen LogP contribution in [0.3, 0.4) is 0 Å². The molecule has 22 heavy (non-hydrogen) atoms. The second-order valence-electron chi connectivity index (χ2n) is 6.14. The van der Waals surface area contributed by atoms with Crippen molar-refractivity contribution in [1.82, 2.24) is 20.1 Å². The Hall–Kier alpha value is -2.21. The largest absolute Gasteiger partial charge is 0.326 e. The molecule has 1 aliphatic rings. The maximum absolute atomic E-state index is 12.6. The maximum Gasteiger partial charge on any atom is 0.231 e. The van der Waals surface area contributed by atoms with Crippen molar-refractivity contribution >= 4 is 11.6 Å². The van der Waals surface area contributed by atoms with Gasteiger partial charge in [-0.2, -0.15) is 0 Å². The van der Waals surface area contributed by atoms with E-state index < -0.39 is 0 Å². The van der Waals surface area contributed by atoms with Gasteiger partial charge >= 0.3 is 0 Å². The lowest BCUT2D eigenvalue weighted by molar-refractivity contribution is -0.125.